The van der Waals surface area contributed by atoms with Crippen molar-refractivity contribution in [3.63, 3.8) is 0 Å². The van der Waals surface area contributed by atoms with Gasteiger partial charge in [0.1, 0.15) is 11.3 Å². The van der Waals surface area contributed by atoms with Crippen LogP contribution in [0.15, 0.2) is 73.1 Å². The third-order valence-corrected chi connectivity index (χ3v) is 6.89. The number of benzene rings is 2. The zero-order valence-electron chi connectivity index (χ0n) is 18.5. The Morgan fingerprint density at radius 2 is 1.82 bits per heavy atom. The number of nitrogens with zero attached hydrogens (tertiary/aromatic N) is 4. The summed E-state index contributed by atoms with van der Waals surface area (Å²) < 4.78 is 6.88. The largest absolute Gasteiger partial charge is 0.469 e. The Bertz CT molecular complexity index is 1540. The maximum absolute atomic E-state index is 11.9. The van der Waals surface area contributed by atoms with Crippen LogP contribution in [0.1, 0.15) is 24.5 Å². The summed E-state index contributed by atoms with van der Waals surface area (Å²) in [5.41, 5.74) is 5.50. The first kappa shape index (κ1) is 20.8. The van der Waals surface area contributed by atoms with Crippen LogP contribution in [-0.2, 0) is 9.53 Å². The molecule has 0 N–H and O–H groups in total. The molecule has 3 heterocycles. The minimum atomic E-state index is -0.168. The van der Waals surface area contributed by atoms with Gasteiger partial charge in [0.15, 0.2) is 5.15 Å². The van der Waals surface area contributed by atoms with Gasteiger partial charge in [-0.2, -0.15) is 0 Å². The van der Waals surface area contributed by atoms with Crippen molar-refractivity contribution < 1.29 is 9.53 Å². The van der Waals surface area contributed by atoms with Crippen LogP contribution in [0, 0.1) is 5.92 Å². The van der Waals surface area contributed by atoms with Crippen molar-refractivity contribution >= 4 is 34.0 Å². The molecule has 2 aromatic carbocycles. The van der Waals surface area contributed by atoms with E-state index in [1.165, 1.54) is 7.11 Å². The molecule has 1 aliphatic rings. The summed E-state index contributed by atoms with van der Waals surface area (Å²) in [6.45, 7) is 0. The predicted molar refractivity (Wildman–Crippen MR) is 132 cm³/mol. The number of esters is 1. The average Bonchev–Trinajstić information content (AvgIpc) is 3.23. The van der Waals surface area contributed by atoms with Crippen molar-refractivity contribution in [3.05, 3.63) is 83.9 Å². The Morgan fingerprint density at radius 3 is 2.62 bits per heavy atom. The van der Waals surface area contributed by atoms with Gasteiger partial charge in [-0.1, -0.05) is 60.1 Å². The number of carbonyl (C=O) groups is 1. The SMILES string of the molecule is COC(=O)C1CC(c2nc(-c3ccc4ccc(-c5ccccc5)nc4c3)n3ccnc(Cl)c23)C1. The van der Waals surface area contributed by atoms with E-state index in [0.717, 1.165) is 44.8 Å². The average molecular weight is 469 g/mol. The Hall–Kier alpha value is -3.77. The van der Waals surface area contributed by atoms with Crippen LogP contribution >= 0.6 is 11.6 Å². The second-order valence-electron chi connectivity index (χ2n) is 8.62. The molecule has 5 aromatic rings. The molecule has 0 unspecified atom stereocenters. The summed E-state index contributed by atoms with van der Waals surface area (Å²) in [5, 5.41) is 1.46. The number of imidazole rings is 1. The third-order valence-electron chi connectivity index (χ3n) is 6.62. The molecule has 1 aliphatic carbocycles. The molecule has 168 valence electrons. The van der Waals surface area contributed by atoms with E-state index >= 15 is 0 Å². The lowest BCUT2D eigenvalue weighted by molar-refractivity contribution is -0.148. The minimum Gasteiger partial charge on any atom is -0.469 e. The molecule has 1 saturated carbocycles. The van der Waals surface area contributed by atoms with Crippen molar-refractivity contribution in [3.8, 4) is 22.6 Å². The van der Waals surface area contributed by atoms with Crippen LogP contribution in [0.4, 0.5) is 0 Å². The Labute approximate surface area is 201 Å². The molecule has 1 fully saturated rings. The first-order valence-electron chi connectivity index (χ1n) is 11.2. The van der Waals surface area contributed by atoms with Gasteiger partial charge in [-0.3, -0.25) is 9.20 Å². The van der Waals surface area contributed by atoms with Crippen LogP contribution in [0.3, 0.4) is 0 Å². The van der Waals surface area contributed by atoms with E-state index in [4.69, 9.17) is 26.3 Å². The summed E-state index contributed by atoms with van der Waals surface area (Å²) in [6.07, 6.45) is 4.95. The van der Waals surface area contributed by atoms with Gasteiger partial charge in [-0.25, -0.2) is 15.0 Å². The van der Waals surface area contributed by atoms with Gasteiger partial charge in [-0.15, -0.1) is 0 Å². The number of carbonyl (C=O) groups excluding carboxylic acids is 1. The third kappa shape index (κ3) is 3.42. The quantitative estimate of drug-likeness (QED) is 0.306. The smallest absolute Gasteiger partial charge is 0.308 e. The standard InChI is InChI=1S/C27H21ClN4O2/c1-34-27(33)20-13-19(14-20)23-24-25(28)29-11-12-32(24)26(31-23)18-8-7-17-9-10-21(30-22(17)15-18)16-5-3-2-4-6-16/h2-12,15,19-20H,13-14H2,1H3. The van der Waals surface area contributed by atoms with Gasteiger partial charge in [-0.05, 0) is 25.0 Å². The van der Waals surface area contributed by atoms with Crippen molar-refractivity contribution in [2.75, 3.05) is 7.11 Å². The predicted octanol–water partition coefficient (Wildman–Crippen LogP) is 5.93. The van der Waals surface area contributed by atoms with Crippen molar-refractivity contribution in [2.24, 2.45) is 5.92 Å². The van der Waals surface area contributed by atoms with Crippen molar-refractivity contribution in [1.29, 1.82) is 0 Å². The lowest BCUT2D eigenvalue weighted by Crippen LogP contribution is -2.30. The normalized spacial score (nSPS) is 17.6. The lowest BCUT2D eigenvalue weighted by Gasteiger charge is -2.32. The molecule has 34 heavy (non-hydrogen) atoms. The van der Waals surface area contributed by atoms with Gasteiger partial charge < -0.3 is 4.74 Å². The number of hydrogen-bond donors (Lipinski definition) is 0. The summed E-state index contributed by atoms with van der Waals surface area (Å²) in [4.78, 5) is 26.1. The number of ether oxygens (including phenoxy) is 1. The van der Waals surface area contributed by atoms with Crippen molar-refractivity contribution in [1.82, 2.24) is 19.4 Å². The molecular formula is C27H21ClN4O2. The molecule has 0 amide bonds. The topological polar surface area (TPSA) is 69.4 Å². The number of aromatic nitrogens is 4. The van der Waals surface area contributed by atoms with Crippen molar-refractivity contribution in [2.45, 2.75) is 18.8 Å². The number of rotatable bonds is 4. The van der Waals surface area contributed by atoms with Gasteiger partial charge in [0, 0.05) is 34.8 Å². The van der Waals surface area contributed by atoms with E-state index in [1.54, 1.807) is 6.20 Å². The second-order valence-corrected chi connectivity index (χ2v) is 8.97. The highest BCUT2D eigenvalue weighted by Gasteiger charge is 2.39. The molecule has 0 bridgehead atoms. The summed E-state index contributed by atoms with van der Waals surface area (Å²) in [5.74, 6) is 0.661. The highest BCUT2D eigenvalue weighted by molar-refractivity contribution is 6.32. The molecule has 6 nitrogen and oxygen atoms in total. The highest BCUT2D eigenvalue weighted by atomic mass is 35.5. The Kier molecular flexibility index (Phi) is 5.03. The monoisotopic (exact) mass is 468 g/mol. The van der Waals surface area contributed by atoms with Crippen LogP contribution in [0.2, 0.25) is 5.15 Å². The van der Waals surface area contributed by atoms with Gasteiger partial charge in [0.05, 0.1) is 29.9 Å². The maximum atomic E-state index is 11.9. The fraction of sp³-hybridized carbons (Fsp3) is 0.185. The lowest BCUT2D eigenvalue weighted by atomic mass is 9.73. The van der Waals surface area contributed by atoms with Gasteiger partial charge >= 0.3 is 5.97 Å². The number of fused-ring (bicyclic) bond motifs is 2. The van der Waals surface area contributed by atoms with Gasteiger partial charge in [0.2, 0.25) is 0 Å². The van der Waals surface area contributed by atoms with E-state index < -0.39 is 0 Å². The first-order chi connectivity index (χ1) is 16.6. The molecule has 7 heteroatoms. The molecular weight excluding hydrogens is 448 g/mol. The summed E-state index contributed by atoms with van der Waals surface area (Å²) >= 11 is 6.52. The van der Waals surface area contributed by atoms with E-state index in [1.807, 2.05) is 34.9 Å². The molecule has 0 spiro atoms. The fourth-order valence-corrected chi connectivity index (χ4v) is 4.99. The number of hydrogen-bond acceptors (Lipinski definition) is 5. The molecule has 0 aliphatic heterocycles. The highest BCUT2D eigenvalue weighted by Crippen LogP contribution is 2.45. The van der Waals surface area contributed by atoms with E-state index in [2.05, 4.69) is 41.4 Å². The van der Waals surface area contributed by atoms with Crippen LogP contribution < -0.4 is 0 Å². The Morgan fingerprint density at radius 1 is 1.03 bits per heavy atom. The second kappa shape index (κ2) is 8.22. The Balaban J connectivity index is 1.44. The number of halogens is 1. The molecule has 0 saturated heterocycles. The first-order valence-corrected chi connectivity index (χ1v) is 11.6. The summed E-state index contributed by atoms with van der Waals surface area (Å²) in [7, 11) is 1.43. The van der Waals surface area contributed by atoms with E-state index in [-0.39, 0.29) is 17.8 Å². The summed E-state index contributed by atoms with van der Waals surface area (Å²) in [6, 6.07) is 20.4. The van der Waals surface area contributed by atoms with Crippen LogP contribution in [0.25, 0.3) is 39.1 Å². The molecule has 3 aromatic heterocycles. The zero-order chi connectivity index (χ0) is 23.2. The van der Waals surface area contributed by atoms with Crippen LogP contribution in [-0.4, -0.2) is 32.4 Å². The van der Waals surface area contributed by atoms with E-state index in [0.29, 0.717) is 18.0 Å². The number of methoxy groups -OCH3 is 1. The minimum absolute atomic E-state index is 0.0908. The van der Waals surface area contributed by atoms with Crippen LogP contribution in [0.5, 0.6) is 0 Å². The molecule has 6 rings (SSSR count). The maximum Gasteiger partial charge on any atom is 0.308 e. The fourth-order valence-electron chi connectivity index (χ4n) is 4.74. The zero-order valence-corrected chi connectivity index (χ0v) is 19.2. The molecule has 0 radical (unpaired) electrons. The van der Waals surface area contributed by atoms with Gasteiger partial charge in [0.25, 0.3) is 0 Å². The van der Waals surface area contributed by atoms with E-state index in [9.17, 15) is 4.79 Å². The molecule has 0 atom stereocenters. The number of pyridine rings is 1.